The summed E-state index contributed by atoms with van der Waals surface area (Å²) in [5.41, 5.74) is 3.45. The van der Waals surface area contributed by atoms with Crippen LogP contribution in [-0.4, -0.2) is 31.6 Å². The number of hydrogen-bond acceptors (Lipinski definition) is 4. The minimum Gasteiger partial charge on any atom is -0.493 e. The van der Waals surface area contributed by atoms with E-state index in [1.807, 2.05) is 6.92 Å². The molecule has 2 N–H and O–H groups in total. The van der Waals surface area contributed by atoms with Crippen LogP contribution in [0.1, 0.15) is 12.5 Å². The van der Waals surface area contributed by atoms with Crippen molar-refractivity contribution in [1.82, 2.24) is 10.7 Å². The fraction of sp³-hybridized carbons (Fsp3) is 0.286. The number of hydrogen-bond donors (Lipinski definition) is 2. The van der Waals surface area contributed by atoms with Gasteiger partial charge in [-0.3, -0.25) is 5.43 Å². The highest BCUT2D eigenvalue weighted by Crippen LogP contribution is 2.35. The molecule has 0 aromatic heterocycles. The number of halogens is 1. The third-order valence-electron chi connectivity index (χ3n) is 2.33. The lowest BCUT2D eigenvalue weighted by Crippen LogP contribution is -2.31. The molecular formula is C14H18ClN3O2S. The average molecular weight is 328 g/mol. The number of benzene rings is 1. The minimum atomic E-state index is 0.412. The van der Waals surface area contributed by atoms with Crippen molar-refractivity contribution < 1.29 is 9.47 Å². The van der Waals surface area contributed by atoms with Crippen LogP contribution >= 0.6 is 23.8 Å². The molecule has 7 heteroatoms. The summed E-state index contributed by atoms with van der Waals surface area (Å²) >= 11 is 11.2. The largest absolute Gasteiger partial charge is 0.493 e. The number of nitrogens with one attached hydrogen (secondary N) is 2. The van der Waals surface area contributed by atoms with Crippen LogP contribution in [0.25, 0.3) is 0 Å². The number of hydrazone groups is 1. The van der Waals surface area contributed by atoms with Crippen LogP contribution in [0.5, 0.6) is 11.5 Å². The van der Waals surface area contributed by atoms with Crippen molar-refractivity contribution in [2.45, 2.75) is 6.92 Å². The van der Waals surface area contributed by atoms with Gasteiger partial charge in [-0.1, -0.05) is 17.7 Å². The van der Waals surface area contributed by atoms with Gasteiger partial charge in [0.05, 0.1) is 25.0 Å². The van der Waals surface area contributed by atoms with Gasteiger partial charge in [0, 0.05) is 6.54 Å². The molecule has 0 bridgehead atoms. The van der Waals surface area contributed by atoms with Gasteiger partial charge in [0.2, 0.25) is 0 Å². The van der Waals surface area contributed by atoms with Crippen LogP contribution < -0.4 is 20.2 Å². The van der Waals surface area contributed by atoms with Crippen molar-refractivity contribution in [3.8, 4) is 11.5 Å². The first-order valence-electron chi connectivity index (χ1n) is 6.30. The molecule has 0 atom stereocenters. The number of rotatable bonds is 7. The van der Waals surface area contributed by atoms with E-state index in [1.54, 1.807) is 31.5 Å². The Morgan fingerprint density at radius 1 is 1.52 bits per heavy atom. The summed E-state index contributed by atoms with van der Waals surface area (Å²) in [7, 11) is 1.56. The van der Waals surface area contributed by atoms with Gasteiger partial charge in [0.1, 0.15) is 0 Å². The molecule has 0 aliphatic carbocycles. The molecule has 0 heterocycles. The Balaban J connectivity index is 2.77. The summed E-state index contributed by atoms with van der Waals surface area (Å²) in [6, 6.07) is 3.52. The summed E-state index contributed by atoms with van der Waals surface area (Å²) in [5.74, 6) is 1.08. The van der Waals surface area contributed by atoms with Crippen LogP contribution in [-0.2, 0) is 0 Å². The van der Waals surface area contributed by atoms with Crippen molar-refractivity contribution in [3.05, 3.63) is 35.4 Å². The van der Waals surface area contributed by atoms with Gasteiger partial charge in [-0.15, -0.1) is 6.58 Å². The highest BCUT2D eigenvalue weighted by atomic mass is 35.5. The van der Waals surface area contributed by atoms with Gasteiger partial charge in [0.15, 0.2) is 16.6 Å². The molecule has 0 saturated heterocycles. The molecule has 0 spiro atoms. The van der Waals surface area contributed by atoms with E-state index in [9.17, 15) is 0 Å². The van der Waals surface area contributed by atoms with Crippen LogP contribution in [0.15, 0.2) is 29.9 Å². The Kier molecular flexibility index (Phi) is 7.56. The fourth-order valence-electron chi connectivity index (χ4n) is 1.47. The highest BCUT2D eigenvalue weighted by molar-refractivity contribution is 7.80. The Hall–Kier alpha value is -1.79. The summed E-state index contributed by atoms with van der Waals surface area (Å²) in [6.45, 7) is 6.55. The molecule has 1 aromatic carbocycles. The van der Waals surface area contributed by atoms with Gasteiger partial charge < -0.3 is 14.8 Å². The SMILES string of the molecule is C=CCNC(=S)N/N=C/c1cc(Cl)c(OCC)c(OC)c1. The van der Waals surface area contributed by atoms with Crippen molar-refractivity contribution >= 4 is 35.1 Å². The average Bonchev–Trinajstić information content (AvgIpc) is 2.47. The smallest absolute Gasteiger partial charge is 0.187 e. The van der Waals surface area contributed by atoms with Gasteiger partial charge in [-0.05, 0) is 36.8 Å². The first-order valence-corrected chi connectivity index (χ1v) is 7.09. The Morgan fingerprint density at radius 2 is 2.29 bits per heavy atom. The molecule has 21 heavy (non-hydrogen) atoms. The van der Waals surface area contributed by atoms with E-state index in [1.165, 1.54) is 0 Å². The normalized spacial score (nSPS) is 10.2. The van der Waals surface area contributed by atoms with Crippen molar-refractivity contribution in [2.75, 3.05) is 20.3 Å². The van der Waals surface area contributed by atoms with E-state index in [0.717, 1.165) is 5.56 Å². The van der Waals surface area contributed by atoms with Crippen molar-refractivity contribution in [1.29, 1.82) is 0 Å². The van der Waals surface area contributed by atoms with Gasteiger partial charge in [0.25, 0.3) is 0 Å². The van der Waals surface area contributed by atoms with Gasteiger partial charge >= 0.3 is 0 Å². The maximum atomic E-state index is 6.17. The van der Waals surface area contributed by atoms with E-state index in [4.69, 9.17) is 33.3 Å². The van der Waals surface area contributed by atoms with Crippen LogP contribution in [0.3, 0.4) is 0 Å². The molecule has 0 aliphatic rings. The predicted molar refractivity (Wildman–Crippen MR) is 90.7 cm³/mol. The zero-order valence-corrected chi connectivity index (χ0v) is 13.6. The monoisotopic (exact) mass is 327 g/mol. The lowest BCUT2D eigenvalue weighted by atomic mass is 10.2. The van der Waals surface area contributed by atoms with Crippen LogP contribution in [0.4, 0.5) is 0 Å². The lowest BCUT2D eigenvalue weighted by Gasteiger charge is -2.11. The molecule has 5 nitrogen and oxygen atoms in total. The summed E-state index contributed by atoms with van der Waals surface area (Å²) < 4.78 is 10.7. The Labute approximate surface area is 135 Å². The van der Waals surface area contributed by atoms with E-state index >= 15 is 0 Å². The summed E-state index contributed by atoms with van der Waals surface area (Å²) in [5, 5.41) is 7.79. The van der Waals surface area contributed by atoms with Gasteiger partial charge in [-0.25, -0.2) is 0 Å². The lowest BCUT2D eigenvalue weighted by molar-refractivity contribution is 0.311. The molecular weight excluding hydrogens is 310 g/mol. The predicted octanol–water partition coefficient (Wildman–Crippen LogP) is 2.73. The molecule has 1 rings (SSSR count). The second-order valence-corrected chi connectivity index (χ2v) is 4.65. The fourth-order valence-corrected chi connectivity index (χ4v) is 1.88. The quantitative estimate of drug-likeness (QED) is 0.349. The second kappa shape index (κ2) is 9.20. The summed E-state index contributed by atoms with van der Waals surface area (Å²) in [4.78, 5) is 0. The van der Waals surface area contributed by atoms with Crippen LogP contribution in [0, 0.1) is 0 Å². The molecule has 0 saturated carbocycles. The Bertz CT molecular complexity index is 535. The van der Waals surface area contributed by atoms with Crippen LogP contribution in [0.2, 0.25) is 5.02 Å². The molecule has 0 amide bonds. The molecule has 0 fully saturated rings. The standard InChI is InChI=1S/C14H18ClN3O2S/c1-4-6-16-14(21)18-17-9-10-7-11(15)13(20-5-2)12(8-10)19-3/h4,7-9H,1,5-6H2,2-3H3,(H2,16,18,21)/b17-9+. The first kappa shape index (κ1) is 17.3. The third kappa shape index (κ3) is 5.61. The maximum absolute atomic E-state index is 6.17. The number of nitrogens with zero attached hydrogens (tertiary/aromatic N) is 1. The van der Waals surface area contributed by atoms with E-state index in [0.29, 0.717) is 34.8 Å². The molecule has 114 valence electrons. The van der Waals surface area contributed by atoms with E-state index in [-0.39, 0.29) is 0 Å². The zero-order valence-electron chi connectivity index (χ0n) is 12.0. The Morgan fingerprint density at radius 3 is 2.90 bits per heavy atom. The summed E-state index contributed by atoms with van der Waals surface area (Å²) in [6.07, 6.45) is 3.29. The first-order chi connectivity index (χ1) is 10.1. The molecule has 0 aliphatic heterocycles. The van der Waals surface area contributed by atoms with Crippen molar-refractivity contribution in [3.63, 3.8) is 0 Å². The minimum absolute atomic E-state index is 0.412. The van der Waals surface area contributed by atoms with E-state index in [2.05, 4.69) is 22.4 Å². The van der Waals surface area contributed by atoms with Gasteiger partial charge in [-0.2, -0.15) is 5.10 Å². The number of methoxy groups -OCH3 is 1. The molecule has 1 aromatic rings. The number of ether oxygens (including phenoxy) is 2. The second-order valence-electron chi connectivity index (χ2n) is 3.84. The zero-order chi connectivity index (χ0) is 15.7. The molecule has 0 unspecified atom stereocenters. The molecule has 0 radical (unpaired) electrons. The topological polar surface area (TPSA) is 54.9 Å². The van der Waals surface area contributed by atoms with Crippen molar-refractivity contribution in [2.24, 2.45) is 5.10 Å². The highest BCUT2D eigenvalue weighted by Gasteiger charge is 2.10. The third-order valence-corrected chi connectivity index (χ3v) is 2.84. The van der Waals surface area contributed by atoms with E-state index < -0.39 is 0 Å². The maximum Gasteiger partial charge on any atom is 0.187 e. The number of thiocarbonyl (C=S) groups is 1.